The monoisotopic (exact) mass is 228 g/mol. The van der Waals surface area contributed by atoms with Crippen LogP contribution in [0.2, 0.25) is 0 Å². The first-order chi connectivity index (χ1) is 7.47. The van der Waals surface area contributed by atoms with Gasteiger partial charge in [0.25, 0.3) is 0 Å². The largest absolute Gasteiger partial charge is 0.394 e. The summed E-state index contributed by atoms with van der Waals surface area (Å²) in [5, 5.41) is 12.9. The summed E-state index contributed by atoms with van der Waals surface area (Å²) in [6, 6.07) is 0.0399. The van der Waals surface area contributed by atoms with Crippen LogP contribution in [0.5, 0.6) is 0 Å². The Morgan fingerprint density at radius 2 is 2.12 bits per heavy atom. The van der Waals surface area contributed by atoms with E-state index in [9.17, 15) is 9.90 Å². The van der Waals surface area contributed by atoms with Crippen molar-refractivity contribution in [1.29, 1.82) is 0 Å². The molecule has 1 amide bonds. The minimum absolute atomic E-state index is 0.0399. The molecule has 16 heavy (non-hydrogen) atoms. The van der Waals surface area contributed by atoms with E-state index in [0.717, 1.165) is 31.6 Å². The van der Waals surface area contributed by atoms with Crippen LogP contribution in [0.4, 0.5) is 0 Å². The fourth-order valence-corrected chi connectivity index (χ4v) is 2.54. The lowest BCUT2D eigenvalue weighted by Crippen LogP contribution is -2.54. The predicted octanol–water partition coefficient (Wildman–Crippen LogP) is 0.781. The molecule has 4 nitrogen and oxygen atoms in total. The van der Waals surface area contributed by atoms with Crippen LogP contribution < -0.4 is 11.1 Å². The van der Waals surface area contributed by atoms with E-state index in [1.165, 1.54) is 0 Å². The highest BCUT2D eigenvalue weighted by molar-refractivity contribution is 5.74. The molecule has 0 aromatic rings. The van der Waals surface area contributed by atoms with Crippen LogP contribution in [-0.2, 0) is 4.79 Å². The summed E-state index contributed by atoms with van der Waals surface area (Å²) in [5.41, 5.74) is 4.97. The van der Waals surface area contributed by atoms with E-state index in [0.29, 0.717) is 6.42 Å². The van der Waals surface area contributed by atoms with E-state index in [-0.39, 0.29) is 24.1 Å². The first kappa shape index (κ1) is 13.5. The lowest BCUT2D eigenvalue weighted by Gasteiger charge is -2.40. The molecular weight excluding hydrogens is 204 g/mol. The fourth-order valence-electron chi connectivity index (χ4n) is 2.54. The minimum Gasteiger partial charge on any atom is -0.394 e. The Morgan fingerprint density at radius 3 is 2.56 bits per heavy atom. The zero-order valence-corrected chi connectivity index (χ0v) is 10.3. The molecule has 1 aliphatic carbocycles. The second-order valence-corrected chi connectivity index (χ2v) is 5.34. The second-order valence-electron chi connectivity index (χ2n) is 5.34. The van der Waals surface area contributed by atoms with Gasteiger partial charge >= 0.3 is 0 Å². The van der Waals surface area contributed by atoms with E-state index in [1.807, 2.05) is 6.92 Å². The van der Waals surface area contributed by atoms with Crippen LogP contribution in [-0.4, -0.2) is 29.2 Å². The number of hydrogen-bond donors (Lipinski definition) is 3. The number of nitrogens with two attached hydrogens (primary N) is 1. The number of rotatable bonds is 5. The number of primary amides is 1. The number of carbonyl (C=O) groups is 1. The molecule has 0 spiro atoms. The Morgan fingerprint density at radius 1 is 1.56 bits per heavy atom. The quantitative estimate of drug-likeness (QED) is 0.651. The number of hydrogen-bond acceptors (Lipinski definition) is 3. The van der Waals surface area contributed by atoms with Crippen LogP contribution >= 0.6 is 0 Å². The molecule has 0 bridgehead atoms. The molecule has 0 radical (unpaired) electrons. The number of aliphatic hydroxyl groups excluding tert-OH is 1. The van der Waals surface area contributed by atoms with E-state index in [2.05, 4.69) is 12.2 Å². The van der Waals surface area contributed by atoms with Crippen molar-refractivity contribution in [3.05, 3.63) is 0 Å². The van der Waals surface area contributed by atoms with Crippen molar-refractivity contribution in [2.24, 2.45) is 11.7 Å². The molecule has 0 heterocycles. The number of carbonyl (C=O) groups excluding carboxylic acids is 1. The third-order valence-corrected chi connectivity index (χ3v) is 3.59. The molecule has 1 unspecified atom stereocenters. The maximum Gasteiger partial charge on any atom is 0.218 e. The molecule has 1 rings (SSSR count). The molecule has 4 N–H and O–H groups in total. The van der Waals surface area contributed by atoms with Gasteiger partial charge in [0, 0.05) is 18.0 Å². The van der Waals surface area contributed by atoms with Gasteiger partial charge in [0.1, 0.15) is 0 Å². The van der Waals surface area contributed by atoms with Crippen LogP contribution in [0.3, 0.4) is 0 Å². The minimum atomic E-state index is -0.294. The SMILES string of the molecule is CC1CCC(CO)(NC(C)CC(N)=O)CC1. The van der Waals surface area contributed by atoms with Crippen molar-refractivity contribution in [2.45, 2.75) is 57.5 Å². The number of aliphatic hydroxyl groups is 1. The highest BCUT2D eigenvalue weighted by Gasteiger charge is 2.34. The summed E-state index contributed by atoms with van der Waals surface area (Å²) in [7, 11) is 0. The molecule has 1 fully saturated rings. The zero-order valence-electron chi connectivity index (χ0n) is 10.3. The average Bonchev–Trinajstić information content (AvgIpc) is 2.21. The lowest BCUT2D eigenvalue weighted by molar-refractivity contribution is -0.118. The van der Waals surface area contributed by atoms with E-state index < -0.39 is 0 Å². The molecule has 0 aromatic heterocycles. The van der Waals surface area contributed by atoms with Crippen molar-refractivity contribution in [3.8, 4) is 0 Å². The molecule has 0 saturated heterocycles. The molecule has 1 saturated carbocycles. The first-order valence-electron chi connectivity index (χ1n) is 6.14. The van der Waals surface area contributed by atoms with Crippen molar-refractivity contribution in [2.75, 3.05) is 6.61 Å². The normalized spacial score (nSPS) is 32.3. The van der Waals surface area contributed by atoms with E-state index in [1.54, 1.807) is 0 Å². The third-order valence-electron chi connectivity index (χ3n) is 3.59. The molecule has 0 aliphatic heterocycles. The molecule has 1 aliphatic rings. The summed E-state index contributed by atoms with van der Waals surface area (Å²) in [6.07, 6.45) is 4.56. The van der Waals surface area contributed by atoms with Crippen LogP contribution in [0.1, 0.15) is 46.0 Å². The van der Waals surface area contributed by atoms with Gasteiger partial charge in [0.05, 0.1) is 6.61 Å². The molecule has 0 aromatic carbocycles. The van der Waals surface area contributed by atoms with Crippen LogP contribution in [0.15, 0.2) is 0 Å². The van der Waals surface area contributed by atoms with Crippen molar-refractivity contribution >= 4 is 5.91 Å². The van der Waals surface area contributed by atoms with Gasteiger partial charge in [-0.05, 0) is 38.5 Å². The summed E-state index contributed by atoms with van der Waals surface area (Å²) < 4.78 is 0. The maximum atomic E-state index is 10.8. The standard InChI is InChI=1S/C12H24N2O2/c1-9-3-5-12(8-15,6-4-9)14-10(2)7-11(13)16/h9-10,14-15H,3-8H2,1-2H3,(H2,13,16). The smallest absolute Gasteiger partial charge is 0.218 e. The van der Waals surface area contributed by atoms with Gasteiger partial charge in [-0.3, -0.25) is 4.79 Å². The molecular formula is C12H24N2O2. The molecule has 94 valence electrons. The lowest BCUT2D eigenvalue weighted by atomic mass is 9.77. The summed E-state index contributed by atoms with van der Waals surface area (Å²) in [6.45, 7) is 4.33. The number of amides is 1. The predicted molar refractivity (Wildman–Crippen MR) is 63.9 cm³/mol. The van der Waals surface area contributed by atoms with Crippen LogP contribution in [0, 0.1) is 5.92 Å². The van der Waals surface area contributed by atoms with Crippen LogP contribution in [0.25, 0.3) is 0 Å². The van der Waals surface area contributed by atoms with E-state index in [4.69, 9.17) is 5.73 Å². The zero-order chi connectivity index (χ0) is 12.2. The highest BCUT2D eigenvalue weighted by Crippen LogP contribution is 2.32. The Labute approximate surface area is 97.6 Å². The Balaban J connectivity index is 2.50. The van der Waals surface area contributed by atoms with Gasteiger partial charge in [-0.15, -0.1) is 0 Å². The average molecular weight is 228 g/mol. The van der Waals surface area contributed by atoms with Crippen molar-refractivity contribution in [3.63, 3.8) is 0 Å². The van der Waals surface area contributed by atoms with Crippen molar-refractivity contribution in [1.82, 2.24) is 5.32 Å². The molecule has 1 atom stereocenters. The highest BCUT2D eigenvalue weighted by atomic mass is 16.3. The summed E-state index contributed by atoms with van der Waals surface area (Å²) in [5.74, 6) is 0.449. The fraction of sp³-hybridized carbons (Fsp3) is 0.917. The van der Waals surface area contributed by atoms with Gasteiger partial charge in [-0.1, -0.05) is 6.92 Å². The van der Waals surface area contributed by atoms with Gasteiger partial charge in [0.2, 0.25) is 5.91 Å². The van der Waals surface area contributed by atoms with Gasteiger partial charge in [-0.2, -0.15) is 0 Å². The molecule has 4 heteroatoms. The summed E-state index contributed by atoms with van der Waals surface area (Å²) in [4.78, 5) is 10.8. The first-order valence-corrected chi connectivity index (χ1v) is 6.14. The number of nitrogens with one attached hydrogen (secondary N) is 1. The maximum absolute atomic E-state index is 10.8. The topological polar surface area (TPSA) is 75.3 Å². The third kappa shape index (κ3) is 3.76. The van der Waals surface area contributed by atoms with Gasteiger partial charge in [-0.25, -0.2) is 0 Å². The van der Waals surface area contributed by atoms with Gasteiger partial charge < -0.3 is 16.2 Å². The van der Waals surface area contributed by atoms with Gasteiger partial charge in [0.15, 0.2) is 0 Å². The Hall–Kier alpha value is -0.610. The second kappa shape index (κ2) is 5.64. The van der Waals surface area contributed by atoms with Crippen molar-refractivity contribution < 1.29 is 9.90 Å². The summed E-state index contributed by atoms with van der Waals surface area (Å²) >= 11 is 0. The Kier molecular flexibility index (Phi) is 4.74. The Bertz CT molecular complexity index is 235. The van der Waals surface area contributed by atoms with E-state index >= 15 is 0 Å².